The fourth-order valence-electron chi connectivity index (χ4n) is 1.44. The van der Waals surface area contributed by atoms with E-state index < -0.39 is 0 Å². The standard InChI is InChI=1S/C12H21N3O2/c1-8(6-13)4-5-11(16)15-10(3)12-14-7-9(2)17-12/h7-8,10H,4-6,13H2,1-3H3,(H,15,16). The summed E-state index contributed by atoms with van der Waals surface area (Å²) in [5.41, 5.74) is 5.50. The van der Waals surface area contributed by atoms with Crippen molar-refractivity contribution in [3.8, 4) is 0 Å². The summed E-state index contributed by atoms with van der Waals surface area (Å²) < 4.78 is 5.35. The summed E-state index contributed by atoms with van der Waals surface area (Å²) in [5, 5.41) is 2.85. The highest BCUT2D eigenvalue weighted by molar-refractivity contribution is 5.76. The van der Waals surface area contributed by atoms with Crippen molar-refractivity contribution in [3.63, 3.8) is 0 Å². The molecule has 1 amide bonds. The lowest BCUT2D eigenvalue weighted by Gasteiger charge is -2.12. The number of hydrogen-bond donors (Lipinski definition) is 2. The molecule has 0 spiro atoms. The number of nitrogens with one attached hydrogen (secondary N) is 1. The Kier molecular flexibility index (Phi) is 5.15. The minimum absolute atomic E-state index is 0.00801. The number of rotatable bonds is 6. The highest BCUT2D eigenvalue weighted by Crippen LogP contribution is 2.12. The first kappa shape index (κ1) is 13.7. The fourth-order valence-corrected chi connectivity index (χ4v) is 1.44. The number of nitrogens with zero attached hydrogens (tertiary/aromatic N) is 1. The molecule has 0 radical (unpaired) electrons. The smallest absolute Gasteiger partial charge is 0.220 e. The first-order chi connectivity index (χ1) is 8.02. The first-order valence-electron chi connectivity index (χ1n) is 5.94. The van der Waals surface area contributed by atoms with E-state index in [9.17, 15) is 4.79 Å². The normalized spacial score (nSPS) is 14.4. The third-order valence-electron chi connectivity index (χ3n) is 2.65. The highest BCUT2D eigenvalue weighted by Gasteiger charge is 2.14. The Bertz CT molecular complexity index is 362. The maximum absolute atomic E-state index is 11.6. The summed E-state index contributed by atoms with van der Waals surface area (Å²) in [6.45, 7) is 6.33. The summed E-state index contributed by atoms with van der Waals surface area (Å²) in [6, 6.07) is -0.190. The Hall–Kier alpha value is -1.36. The van der Waals surface area contributed by atoms with Gasteiger partial charge < -0.3 is 15.5 Å². The zero-order valence-electron chi connectivity index (χ0n) is 10.7. The van der Waals surface area contributed by atoms with Crippen molar-refractivity contribution in [1.29, 1.82) is 0 Å². The van der Waals surface area contributed by atoms with Crippen LogP contribution < -0.4 is 11.1 Å². The van der Waals surface area contributed by atoms with Crippen LogP contribution in [0.4, 0.5) is 0 Å². The number of amides is 1. The van der Waals surface area contributed by atoms with Crippen LogP contribution in [0, 0.1) is 12.8 Å². The molecule has 3 N–H and O–H groups in total. The predicted molar refractivity (Wildman–Crippen MR) is 65.3 cm³/mol. The lowest BCUT2D eigenvalue weighted by molar-refractivity contribution is -0.122. The molecule has 0 fully saturated rings. The molecule has 0 aliphatic carbocycles. The number of carbonyl (C=O) groups is 1. The van der Waals surface area contributed by atoms with Gasteiger partial charge >= 0.3 is 0 Å². The zero-order valence-corrected chi connectivity index (χ0v) is 10.7. The van der Waals surface area contributed by atoms with E-state index in [0.29, 0.717) is 24.8 Å². The van der Waals surface area contributed by atoms with E-state index >= 15 is 0 Å². The van der Waals surface area contributed by atoms with Crippen molar-refractivity contribution in [2.45, 2.75) is 39.7 Å². The molecule has 96 valence electrons. The van der Waals surface area contributed by atoms with Gasteiger partial charge in [-0.3, -0.25) is 4.79 Å². The highest BCUT2D eigenvalue weighted by atomic mass is 16.4. The van der Waals surface area contributed by atoms with E-state index in [0.717, 1.165) is 12.2 Å². The number of aromatic nitrogens is 1. The van der Waals surface area contributed by atoms with Crippen molar-refractivity contribution in [2.75, 3.05) is 6.54 Å². The molecule has 2 atom stereocenters. The van der Waals surface area contributed by atoms with E-state index in [-0.39, 0.29) is 11.9 Å². The van der Waals surface area contributed by atoms with Gasteiger partial charge in [0.15, 0.2) is 0 Å². The number of aryl methyl sites for hydroxylation is 1. The number of hydrogen-bond acceptors (Lipinski definition) is 4. The van der Waals surface area contributed by atoms with Gasteiger partial charge in [-0.25, -0.2) is 4.98 Å². The van der Waals surface area contributed by atoms with Crippen LogP contribution in [0.5, 0.6) is 0 Å². The fraction of sp³-hybridized carbons (Fsp3) is 0.667. The Morgan fingerprint density at radius 2 is 2.29 bits per heavy atom. The van der Waals surface area contributed by atoms with Gasteiger partial charge in [0, 0.05) is 6.42 Å². The summed E-state index contributed by atoms with van der Waals surface area (Å²) in [5.74, 6) is 1.68. The van der Waals surface area contributed by atoms with Crippen molar-refractivity contribution < 1.29 is 9.21 Å². The third kappa shape index (κ3) is 4.56. The molecule has 0 aromatic carbocycles. The van der Waals surface area contributed by atoms with E-state index in [1.165, 1.54) is 0 Å². The van der Waals surface area contributed by atoms with Crippen LogP contribution in [0.2, 0.25) is 0 Å². The Labute approximate surface area is 102 Å². The van der Waals surface area contributed by atoms with Crippen LogP contribution in [0.25, 0.3) is 0 Å². The number of nitrogens with two attached hydrogens (primary N) is 1. The van der Waals surface area contributed by atoms with Gasteiger partial charge in [0.05, 0.1) is 6.20 Å². The summed E-state index contributed by atoms with van der Waals surface area (Å²) in [7, 11) is 0. The van der Waals surface area contributed by atoms with Crippen LogP contribution >= 0.6 is 0 Å². The second-order valence-corrected chi connectivity index (χ2v) is 4.48. The molecule has 5 nitrogen and oxygen atoms in total. The van der Waals surface area contributed by atoms with Crippen LogP contribution in [-0.2, 0) is 4.79 Å². The van der Waals surface area contributed by atoms with Gasteiger partial charge in [-0.1, -0.05) is 6.92 Å². The van der Waals surface area contributed by atoms with Crippen LogP contribution in [-0.4, -0.2) is 17.4 Å². The van der Waals surface area contributed by atoms with Crippen molar-refractivity contribution in [1.82, 2.24) is 10.3 Å². The Balaban J connectivity index is 2.36. The minimum atomic E-state index is -0.190. The molecule has 0 saturated carbocycles. The van der Waals surface area contributed by atoms with Gasteiger partial charge in [0.2, 0.25) is 11.8 Å². The van der Waals surface area contributed by atoms with Gasteiger partial charge in [-0.05, 0) is 32.7 Å². The SMILES string of the molecule is Cc1cnc(C(C)NC(=O)CCC(C)CN)o1. The lowest BCUT2D eigenvalue weighted by atomic mass is 10.1. The largest absolute Gasteiger partial charge is 0.444 e. The number of oxazole rings is 1. The molecule has 0 bridgehead atoms. The second-order valence-electron chi connectivity index (χ2n) is 4.48. The molecule has 2 unspecified atom stereocenters. The molecule has 1 aromatic rings. The average Bonchev–Trinajstić information content (AvgIpc) is 2.72. The molecule has 1 aromatic heterocycles. The summed E-state index contributed by atoms with van der Waals surface area (Å²) in [6.07, 6.45) is 2.94. The topological polar surface area (TPSA) is 81.2 Å². The minimum Gasteiger partial charge on any atom is -0.444 e. The summed E-state index contributed by atoms with van der Waals surface area (Å²) >= 11 is 0. The van der Waals surface area contributed by atoms with Crippen LogP contribution in [0.15, 0.2) is 10.6 Å². The van der Waals surface area contributed by atoms with E-state index in [4.69, 9.17) is 10.2 Å². The van der Waals surface area contributed by atoms with E-state index in [1.54, 1.807) is 6.20 Å². The summed E-state index contributed by atoms with van der Waals surface area (Å²) in [4.78, 5) is 15.7. The predicted octanol–water partition coefficient (Wildman–Crippen LogP) is 1.54. The van der Waals surface area contributed by atoms with Crippen LogP contribution in [0.1, 0.15) is 44.4 Å². The Morgan fingerprint density at radius 3 is 2.82 bits per heavy atom. The van der Waals surface area contributed by atoms with Crippen LogP contribution in [0.3, 0.4) is 0 Å². The molecular formula is C12H21N3O2. The van der Waals surface area contributed by atoms with Gasteiger partial charge in [0.25, 0.3) is 0 Å². The molecule has 1 heterocycles. The maximum atomic E-state index is 11.6. The van der Waals surface area contributed by atoms with E-state index in [1.807, 2.05) is 20.8 Å². The van der Waals surface area contributed by atoms with Crippen molar-refractivity contribution >= 4 is 5.91 Å². The molecule has 0 saturated heterocycles. The molecule has 0 aliphatic heterocycles. The molecule has 5 heteroatoms. The monoisotopic (exact) mass is 239 g/mol. The Morgan fingerprint density at radius 1 is 1.59 bits per heavy atom. The quantitative estimate of drug-likeness (QED) is 0.789. The van der Waals surface area contributed by atoms with Gasteiger partial charge in [-0.2, -0.15) is 0 Å². The van der Waals surface area contributed by atoms with Crippen molar-refractivity contribution in [2.24, 2.45) is 11.7 Å². The number of carbonyl (C=O) groups excluding carboxylic acids is 1. The average molecular weight is 239 g/mol. The molecule has 0 aliphatic rings. The molecule has 17 heavy (non-hydrogen) atoms. The molecular weight excluding hydrogens is 218 g/mol. The zero-order chi connectivity index (χ0) is 12.8. The first-order valence-corrected chi connectivity index (χ1v) is 5.94. The second kappa shape index (κ2) is 6.39. The third-order valence-corrected chi connectivity index (χ3v) is 2.65. The lowest BCUT2D eigenvalue weighted by Crippen LogP contribution is -2.27. The van der Waals surface area contributed by atoms with Gasteiger partial charge in [0.1, 0.15) is 11.8 Å². The maximum Gasteiger partial charge on any atom is 0.220 e. The van der Waals surface area contributed by atoms with Gasteiger partial charge in [-0.15, -0.1) is 0 Å². The molecule has 1 rings (SSSR count). The van der Waals surface area contributed by atoms with Crippen molar-refractivity contribution in [3.05, 3.63) is 17.8 Å². The van der Waals surface area contributed by atoms with E-state index in [2.05, 4.69) is 10.3 Å².